The minimum Gasteiger partial charge on any atom is -0.394 e. The van der Waals surface area contributed by atoms with Gasteiger partial charge in [0.1, 0.15) is 30.8 Å². The molecule has 13 nitrogen and oxygen atoms in total. The van der Waals surface area contributed by atoms with Gasteiger partial charge in [0, 0.05) is 6.92 Å². The molecule has 1 aliphatic heterocycles. The van der Waals surface area contributed by atoms with Crippen molar-refractivity contribution in [3.63, 3.8) is 0 Å². The number of aliphatic hydroxyl groups is 5. The molecule has 5 N–H and O–H groups in total. The number of hydrogen-bond acceptors (Lipinski definition) is 13. The molecule has 0 aromatic carbocycles. The number of aliphatic hydroxyl groups excluding tert-OH is 4. The predicted molar refractivity (Wildman–Crippen MR) is 65.0 cm³/mol. The molecule has 0 radical (unpaired) electrons. The molecular formula is C11H16O13. The second kappa shape index (κ2) is 8.18. The van der Waals surface area contributed by atoms with Crippen molar-refractivity contribution in [2.45, 2.75) is 43.5 Å². The van der Waals surface area contributed by atoms with Crippen LogP contribution in [0.4, 0.5) is 4.79 Å². The molecule has 1 saturated heterocycles. The van der Waals surface area contributed by atoms with E-state index in [1.54, 1.807) is 0 Å². The fraction of sp³-hybridized carbons (Fsp3) is 0.727. The highest BCUT2D eigenvalue weighted by molar-refractivity contribution is 5.71. The molecule has 0 aromatic heterocycles. The van der Waals surface area contributed by atoms with Crippen molar-refractivity contribution in [1.29, 1.82) is 0 Å². The fourth-order valence-corrected chi connectivity index (χ4v) is 1.79. The number of hydrogen-bond donors (Lipinski definition) is 5. The molecule has 0 bridgehead atoms. The van der Waals surface area contributed by atoms with E-state index < -0.39 is 61.3 Å². The molecule has 0 spiro atoms. The van der Waals surface area contributed by atoms with Crippen LogP contribution >= 0.6 is 0 Å². The zero-order valence-electron chi connectivity index (χ0n) is 12.2. The van der Waals surface area contributed by atoms with Crippen LogP contribution in [0.5, 0.6) is 0 Å². The molecule has 24 heavy (non-hydrogen) atoms. The Kier molecular flexibility index (Phi) is 6.82. The lowest BCUT2D eigenvalue weighted by atomic mass is 9.91. The smallest absolute Gasteiger partial charge is 0.394 e. The van der Waals surface area contributed by atoms with Crippen LogP contribution in [0.25, 0.3) is 0 Å². The van der Waals surface area contributed by atoms with Crippen LogP contribution < -0.4 is 0 Å². The van der Waals surface area contributed by atoms with Crippen LogP contribution in [0, 0.1) is 0 Å². The third-order valence-corrected chi connectivity index (χ3v) is 2.88. The Bertz CT molecular complexity index is 477. The Hall–Kier alpha value is -2.03. The minimum absolute atomic E-state index is 0.840. The molecule has 138 valence electrons. The van der Waals surface area contributed by atoms with E-state index >= 15 is 0 Å². The van der Waals surface area contributed by atoms with Gasteiger partial charge in [-0.3, -0.25) is 0 Å². The Labute approximate surface area is 133 Å². The summed E-state index contributed by atoms with van der Waals surface area (Å²) in [5.74, 6) is -5.20. The largest absolute Gasteiger partial charge is 0.591 e. The maximum Gasteiger partial charge on any atom is 0.591 e. The maximum absolute atomic E-state index is 11.5. The molecule has 5 atom stereocenters. The van der Waals surface area contributed by atoms with Gasteiger partial charge in [0.15, 0.2) is 0 Å². The Morgan fingerprint density at radius 3 is 2.17 bits per heavy atom. The van der Waals surface area contributed by atoms with E-state index in [0.29, 0.717) is 0 Å². The van der Waals surface area contributed by atoms with Gasteiger partial charge >= 0.3 is 18.1 Å². The van der Waals surface area contributed by atoms with E-state index in [9.17, 15) is 34.8 Å². The molecule has 0 aliphatic carbocycles. The first-order chi connectivity index (χ1) is 11.1. The van der Waals surface area contributed by atoms with E-state index in [2.05, 4.69) is 19.6 Å². The van der Waals surface area contributed by atoms with Gasteiger partial charge in [-0.15, -0.1) is 0 Å². The summed E-state index contributed by atoms with van der Waals surface area (Å²) >= 11 is 0. The second-order valence-electron chi connectivity index (χ2n) is 4.73. The van der Waals surface area contributed by atoms with Crippen molar-refractivity contribution in [3.05, 3.63) is 0 Å². The molecule has 1 fully saturated rings. The molecular weight excluding hydrogens is 340 g/mol. The van der Waals surface area contributed by atoms with Crippen molar-refractivity contribution in [2.75, 3.05) is 6.61 Å². The number of rotatable bonds is 3. The van der Waals surface area contributed by atoms with Gasteiger partial charge < -0.3 is 30.3 Å². The summed E-state index contributed by atoms with van der Waals surface area (Å²) in [6, 6.07) is 0. The summed E-state index contributed by atoms with van der Waals surface area (Å²) in [5, 5.41) is 47.8. The van der Waals surface area contributed by atoms with Crippen molar-refractivity contribution < 1.29 is 64.2 Å². The van der Waals surface area contributed by atoms with Crippen LogP contribution in [-0.2, 0) is 33.9 Å². The first kappa shape index (κ1) is 20.0. The molecule has 0 amide bonds. The van der Waals surface area contributed by atoms with Crippen LogP contribution in [0.2, 0.25) is 0 Å². The number of carbonyl (C=O) groups excluding carboxylic acids is 3. The second-order valence-corrected chi connectivity index (χ2v) is 4.73. The van der Waals surface area contributed by atoms with Crippen molar-refractivity contribution in [1.82, 2.24) is 0 Å². The normalized spacial score (nSPS) is 32.6. The highest BCUT2D eigenvalue weighted by Gasteiger charge is 2.54. The van der Waals surface area contributed by atoms with E-state index in [0.717, 1.165) is 6.92 Å². The molecule has 1 heterocycles. The van der Waals surface area contributed by atoms with Crippen molar-refractivity contribution in [2.24, 2.45) is 0 Å². The summed E-state index contributed by atoms with van der Waals surface area (Å²) < 4.78 is 4.78. The average Bonchev–Trinajstić information content (AvgIpc) is 2.52. The van der Waals surface area contributed by atoms with E-state index in [-0.39, 0.29) is 0 Å². The number of carbonyl (C=O) groups is 3. The lowest BCUT2D eigenvalue weighted by molar-refractivity contribution is -0.353. The quantitative estimate of drug-likeness (QED) is 0.248. The van der Waals surface area contributed by atoms with Gasteiger partial charge in [0.2, 0.25) is 5.79 Å². The summed E-state index contributed by atoms with van der Waals surface area (Å²) in [5.41, 5.74) is 0. The highest BCUT2D eigenvalue weighted by Crippen LogP contribution is 2.31. The Morgan fingerprint density at radius 1 is 1.04 bits per heavy atom. The zero-order chi connectivity index (χ0) is 18.5. The van der Waals surface area contributed by atoms with Gasteiger partial charge in [-0.05, 0) is 0 Å². The molecule has 13 heteroatoms. The van der Waals surface area contributed by atoms with Gasteiger partial charge in [0.05, 0.1) is 6.61 Å². The van der Waals surface area contributed by atoms with Gasteiger partial charge in [-0.1, -0.05) is 0 Å². The molecule has 0 unspecified atom stereocenters. The Balaban J connectivity index is 2.57. The first-order valence-electron chi connectivity index (χ1n) is 6.42. The SMILES string of the molecule is CC(=O)OOC(=O)OOC(=O)C[C@@]1(O)O[C@H](CO)[C@@H](O)[C@H](O)[C@@H]1O. The maximum atomic E-state index is 11.5. The predicted octanol–water partition coefficient (Wildman–Crippen LogP) is -3.37. The van der Waals surface area contributed by atoms with Gasteiger partial charge in [-0.25, -0.2) is 29.1 Å². The number of ether oxygens (including phenoxy) is 1. The zero-order valence-corrected chi connectivity index (χ0v) is 12.2. The van der Waals surface area contributed by atoms with Crippen LogP contribution in [-0.4, -0.2) is 80.4 Å². The summed E-state index contributed by atoms with van der Waals surface area (Å²) in [7, 11) is 0. The lowest BCUT2D eigenvalue weighted by Crippen LogP contribution is -2.65. The van der Waals surface area contributed by atoms with E-state index in [1.165, 1.54) is 0 Å². The van der Waals surface area contributed by atoms with Crippen LogP contribution in [0.3, 0.4) is 0 Å². The Morgan fingerprint density at radius 2 is 1.62 bits per heavy atom. The third-order valence-electron chi connectivity index (χ3n) is 2.88. The summed E-state index contributed by atoms with van der Waals surface area (Å²) in [6.45, 7) is 0.0709. The van der Waals surface area contributed by atoms with Crippen molar-refractivity contribution in [3.8, 4) is 0 Å². The lowest BCUT2D eigenvalue weighted by Gasteiger charge is -2.44. The summed E-state index contributed by atoms with van der Waals surface area (Å²) in [4.78, 5) is 47.8. The van der Waals surface area contributed by atoms with Gasteiger partial charge in [-0.2, -0.15) is 4.79 Å². The van der Waals surface area contributed by atoms with Gasteiger partial charge in [0.25, 0.3) is 0 Å². The van der Waals surface area contributed by atoms with Crippen molar-refractivity contribution >= 4 is 18.1 Å². The van der Waals surface area contributed by atoms with Crippen LogP contribution in [0.15, 0.2) is 0 Å². The van der Waals surface area contributed by atoms with Crippen LogP contribution in [0.1, 0.15) is 13.3 Å². The average molecular weight is 356 g/mol. The molecule has 1 aliphatic rings. The molecule has 1 rings (SSSR count). The topological polar surface area (TPSA) is 199 Å². The first-order valence-corrected chi connectivity index (χ1v) is 6.42. The monoisotopic (exact) mass is 356 g/mol. The fourth-order valence-electron chi connectivity index (χ4n) is 1.79. The van der Waals surface area contributed by atoms with E-state index in [4.69, 9.17) is 9.84 Å². The minimum atomic E-state index is -2.74. The molecule has 0 saturated carbocycles. The van der Waals surface area contributed by atoms with E-state index in [1.807, 2.05) is 0 Å². The standard InChI is InChI=1S/C11H16O13/c1-4(13)21-23-10(18)24-22-6(14)2-11(19)9(17)8(16)7(15)5(3-12)20-11/h5,7-9,12,15-17,19H,2-3H2,1H3/t5-,7-,8+,9+,11-/m1/s1. The third kappa shape index (κ3) is 4.98. The highest BCUT2D eigenvalue weighted by atomic mass is 17.3. The summed E-state index contributed by atoms with van der Waals surface area (Å²) in [6.07, 6.45) is -10.2. The molecule has 0 aromatic rings.